The van der Waals surface area contributed by atoms with Crippen molar-refractivity contribution in [2.45, 2.75) is 57.4 Å². The van der Waals surface area contributed by atoms with Crippen LogP contribution in [0.1, 0.15) is 33.6 Å². The Hall–Kier alpha value is -1.83. The minimum atomic E-state index is -0.687. The van der Waals surface area contributed by atoms with Crippen LogP contribution in [0.4, 0.5) is 4.79 Å². The lowest BCUT2D eigenvalue weighted by Gasteiger charge is -2.42. The average Bonchev–Trinajstić information content (AvgIpc) is 2.79. The molecule has 3 amide bonds. The molecule has 130 valence electrons. The van der Waals surface area contributed by atoms with Crippen LogP contribution in [0.2, 0.25) is 0 Å². The number of nitrogens with zero attached hydrogens (tertiary/aromatic N) is 2. The van der Waals surface area contributed by atoms with E-state index in [2.05, 4.69) is 0 Å². The number of hydrogen-bond donors (Lipinski definition) is 1. The maximum Gasteiger partial charge on any atom is 0.410 e. The molecule has 0 aromatic rings. The zero-order valence-electron chi connectivity index (χ0n) is 14.1. The van der Waals surface area contributed by atoms with Crippen LogP contribution < -0.4 is 5.73 Å². The smallest absolute Gasteiger partial charge is 0.410 e. The molecule has 0 bridgehead atoms. The summed E-state index contributed by atoms with van der Waals surface area (Å²) in [5, 5.41) is 0. The molecule has 8 nitrogen and oxygen atoms in total. The van der Waals surface area contributed by atoms with Gasteiger partial charge in [0.2, 0.25) is 11.8 Å². The third-order valence-electron chi connectivity index (χ3n) is 4.14. The van der Waals surface area contributed by atoms with E-state index in [1.807, 2.05) is 0 Å². The summed E-state index contributed by atoms with van der Waals surface area (Å²) in [5.41, 5.74) is 4.77. The monoisotopic (exact) mass is 327 g/mol. The van der Waals surface area contributed by atoms with Gasteiger partial charge in [-0.3, -0.25) is 14.5 Å². The van der Waals surface area contributed by atoms with Gasteiger partial charge in [-0.2, -0.15) is 0 Å². The van der Waals surface area contributed by atoms with E-state index < -0.39 is 29.7 Å². The maximum absolute atomic E-state index is 12.7. The van der Waals surface area contributed by atoms with Crippen molar-refractivity contribution < 1.29 is 23.9 Å². The van der Waals surface area contributed by atoms with Crippen molar-refractivity contribution in [2.75, 3.05) is 20.2 Å². The Morgan fingerprint density at radius 2 is 1.78 bits per heavy atom. The number of carbonyl (C=O) groups is 3. The molecule has 0 radical (unpaired) electrons. The zero-order valence-corrected chi connectivity index (χ0v) is 14.1. The first-order valence-corrected chi connectivity index (χ1v) is 7.76. The van der Waals surface area contributed by atoms with Gasteiger partial charge in [-0.15, -0.1) is 0 Å². The second kappa shape index (κ2) is 6.35. The fourth-order valence-electron chi connectivity index (χ4n) is 2.86. The number of likely N-dealkylation sites (tertiary alicyclic amines) is 2. The Labute approximate surface area is 135 Å². The van der Waals surface area contributed by atoms with Crippen LogP contribution in [0.15, 0.2) is 0 Å². The van der Waals surface area contributed by atoms with Gasteiger partial charge in [-0.25, -0.2) is 4.79 Å². The third kappa shape index (κ3) is 3.74. The Balaban J connectivity index is 2.05. The molecule has 2 N–H and O–H groups in total. The quantitative estimate of drug-likeness (QED) is 0.792. The highest BCUT2D eigenvalue weighted by atomic mass is 16.6. The molecule has 23 heavy (non-hydrogen) atoms. The van der Waals surface area contributed by atoms with Crippen molar-refractivity contribution in [2.24, 2.45) is 5.73 Å². The van der Waals surface area contributed by atoms with Crippen molar-refractivity contribution >= 4 is 17.9 Å². The summed E-state index contributed by atoms with van der Waals surface area (Å²) in [5.74, 6) is -0.827. The van der Waals surface area contributed by atoms with Gasteiger partial charge in [0.05, 0.1) is 6.10 Å². The summed E-state index contributed by atoms with van der Waals surface area (Å²) in [6, 6.07) is -1.28. The fraction of sp³-hybridized carbons (Fsp3) is 0.800. The van der Waals surface area contributed by atoms with E-state index in [1.165, 1.54) is 16.9 Å². The van der Waals surface area contributed by atoms with Crippen LogP contribution in [-0.2, 0) is 19.1 Å². The van der Waals surface area contributed by atoms with E-state index in [4.69, 9.17) is 15.2 Å². The largest absolute Gasteiger partial charge is 0.444 e. The first kappa shape index (κ1) is 17.5. The number of carbonyl (C=O) groups excluding carboxylic acids is 3. The summed E-state index contributed by atoms with van der Waals surface area (Å²) in [6.45, 7) is 6.09. The van der Waals surface area contributed by atoms with Crippen molar-refractivity contribution in [3.8, 4) is 0 Å². The standard InChI is InChI=1S/C15H25N3O5/c1-15(2,3)23-14(21)17-6-5-10(17)13(20)18-8-9(22-4)7-11(18)12(16)19/h9-11H,5-8H2,1-4H3,(H2,16,19)/t9-,10+,11-/m0/s1. The molecule has 0 unspecified atom stereocenters. The normalized spacial score (nSPS) is 27.6. The Morgan fingerprint density at radius 1 is 1.13 bits per heavy atom. The number of amides is 3. The van der Waals surface area contributed by atoms with Gasteiger partial charge < -0.3 is 20.1 Å². The molecule has 2 saturated heterocycles. The Morgan fingerprint density at radius 3 is 2.22 bits per heavy atom. The van der Waals surface area contributed by atoms with E-state index in [0.717, 1.165) is 0 Å². The number of methoxy groups -OCH3 is 1. The summed E-state index contributed by atoms with van der Waals surface area (Å²) in [4.78, 5) is 39.2. The molecule has 3 atom stereocenters. The van der Waals surface area contributed by atoms with E-state index in [9.17, 15) is 14.4 Å². The highest BCUT2D eigenvalue weighted by molar-refractivity contribution is 5.92. The van der Waals surface area contributed by atoms with Gasteiger partial charge in [0, 0.05) is 26.6 Å². The van der Waals surface area contributed by atoms with Gasteiger partial charge in [0.1, 0.15) is 17.7 Å². The SMILES string of the molecule is CO[C@H]1C[C@@H](C(N)=O)N(C(=O)[C@H]2CCN2C(=O)OC(C)(C)C)C1. The van der Waals surface area contributed by atoms with Gasteiger partial charge in [-0.05, 0) is 27.2 Å². The lowest BCUT2D eigenvalue weighted by atomic mass is 10.0. The predicted molar refractivity (Wildman–Crippen MR) is 81.5 cm³/mol. The molecule has 0 aromatic heterocycles. The summed E-state index contributed by atoms with van der Waals surface area (Å²) in [7, 11) is 1.53. The Bertz CT molecular complexity index is 502. The van der Waals surface area contributed by atoms with Crippen LogP contribution in [-0.4, -0.2) is 71.7 Å². The first-order valence-electron chi connectivity index (χ1n) is 7.76. The van der Waals surface area contributed by atoms with Crippen molar-refractivity contribution in [1.82, 2.24) is 9.80 Å². The van der Waals surface area contributed by atoms with Crippen LogP contribution in [0.3, 0.4) is 0 Å². The van der Waals surface area contributed by atoms with Crippen LogP contribution in [0, 0.1) is 0 Å². The molecule has 2 heterocycles. The van der Waals surface area contributed by atoms with Crippen LogP contribution in [0.25, 0.3) is 0 Å². The van der Waals surface area contributed by atoms with E-state index >= 15 is 0 Å². The summed E-state index contributed by atoms with van der Waals surface area (Å²) < 4.78 is 10.5. The molecule has 2 aliphatic rings. The van der Waals surface area contributed by atoms with E-state index in [0.29, 0.717) is 25.9 Å². The minimum absolute atomic E-state index is 0.216. The number of ether oxygens (including phenoxy) is 2. The minimum Gasteiger partial charge on any atom is -0.444 e. The molecule has 0 aliphatic carbocycles. The molecule has 8 heteroatoms. The van der Waals surface area contributed by atoms with Crippen LogP contribution >= 0.6 is 0 Å². The number of hydrogen-bond acceptors (Lipinski definition) is 5. The van der Waals surface area contributed by atoms with Crippen molar-refractivity contribution in [3.05, 3.63) is 0 Å². The van der Waals surface area contributed by atoms with Gasteiger partial charge in [-0.1, -0.05) is 0 Å². The summed E-state index contributed by atoms with van der Waals surface area (Å²) >= 11 is 0. The molecule has 0 aromatic carbocycles. The highest BCUT2D eigenvalue weighted by Crippen LogP contribution is 2.27. The second-order valence-corrected chi connectivity index (χ2v) is 6.98. The summed E-state index contributed by atoms with van der Waals surface area (Å²) in [6.07, 6.45) is 0.209. The van der Waals surface area contributed by atoms with Crippen LogP contribution in [0.5, 0.6) is 0 Å². The van der Waals surface area contributed by atoms with Gasteiger partial charge >= 0.3 is 6.09 Å². The molecule has 2 aliphatic heterocycles. The van der Waals surface area contributed by atoms with Crippen molar-refractivity contribution in [3.63, 3.8) is 0 Å². The number of rotatable bonds is 3. The molecular weight excluding hydrogens is 302 g/mol. The second-order valence-electron chi connectivity index (χ2n) is 6.98. The molecule has 0 saturated carbocycles. The fourth-order valence-corrected chi connectivity index (χ4v) is 2.86. The van der Waals surface area contributed by atoms with Gasteiger partial charge in [0.25, 0.3) is 0 Å². The lowest BCUT2D eigenvalue weighted by molar-refractivity contribution is -0.145. The van der Waals surface area contributed by atoms with E-state index in [1.54, 1.807) is 20.8 Å². The average molecular weight is 327 g/mol. The number of primary amides is 1. The third-order valence-corrected chi connectivity index (χ3v) is 4.14. The lowest BCUT2D eigenvalue weighted by Crippen LogP contribution is -2.61. The molecule has 2 fully saturated rings. The highest BCUT2D eigenvalue weighted by Gasteiger charge is 2.47. The first-order chi connectivity index (χ1) is 10.6. The maximum atomic E-state index is 12.7. The topological polar surface area (TPSA) is 102 Å². The number of nitrogens with two attached hydrogens (primary N) is 1. The Kier molecular flexibility index (Phi) is 4.84. The van der Waals surface area contributed by atoms with Crippen molar-refractivity contribution in [1.29, 1.82) is 0 Å². The predicted octanol–water partition coefficient (Wildman–Crippen LogP) is 0.0970. The molecule has 2 rings (SSSR count). The molecular formula is C15H25N3O5. The van der Waals surface area contributed by atoms with Gasteiger partial charge in [0.15, 0.2) is 0 Å². The van der Waals surface area contributed by atoms with E-state index in [-0.39, 0.29) is 12.0 Å². The molecule has 0 spiro atoms. The zero-order chi connectivity index (χ0) is 17.4.